The predicted octanol–water partition coefficient (Wildman–Crippen LogP) is 5.93. The number of nitrogens with zero attached hydrogens (tertiary/aromatic N) is 2. The van der Waals surface area contributed by atoms with Crippen LogP contribution in [0.25, 0.3) is 0 Å². The van der Waals surface area contributed by atoms with E-state index in [1.54, 1.807) is 6.07 Å². The number of halogens is 5. The summed E-state index contributed by atoms with van der Waals surface area (Å²) in [5, 5.41) is 0. The smallest absolute Gasteiger partial charge is 0.416 e. The summed E-state index contributed by atoms with van der Waals surface area (Å²) in [6.45, 7) is 1.91. The standard InChI is InChI=1S/C30H33F5N2O4/c1-40-29(39)26-3-2-10-37(26)28(38)23-14-22(19-4-5-19)27(15-25(23)32)41-17-18-8-11-36(12-9-18)16-20-13-21(30(33,34)35)6-7-24(20)31/h6-7,13-15,18-19,26H,2-5,8-12,16-17H2,1H3/t26-/m0/s1. The summed E-state index contributed by atoms with van der Waals surface area (Å²) in [5.74, 6) is -1.69. The van der Waals surface area contributed by atoms with Gasteiger partial charge < -0.3 is 14.4 Å². The maximum Gasteiger partial charge on any atom is 0.416 e. The van der Waals surface area contributed by atoms with Crippen LogP contribution in [-0.4, -0.2) is 61.1 Å². The molecule has 1 atom stereocenters. The monoisotopic (exact) mass is 580 g/mol. The van der Waals surface area contributed by atoms with Gasteiger partial charge in [0.1, 0.15) is 23.4 Å². The van der Waals surface area contributed by atoms with Gasteiger partial charge in [0.25, 0.3) is 5.91 Å². The van der Waals surface area contributed by atoms with Crippen LogP contribution in [0.2, 0.25) is 0 Å². The number of alkyl halides is 3. The third-order valence-corrected chi connectivity index (χ3v) is 8.28. The second kappa shape index (κ2) is 12.0. The van der Waals surface area contributed by atoms with E-state index in [0.717, 1.165) is 36.6 Å². The van der Waals surface area contributed by atoms with E-state index in [2.05, 4.69) is 0 Å². The van der Waals surface area contributed by atoms with Crippen LogP contribution in [0.15, 0.2) is 30.3 Å². The van der Waals surface area contributed by atoms with Crippen LogP contribution < -0.4 is 4.74 Å². The topological polar surface area (TPSA) is 59.1 Å². The number of methoxy groups -OCH3 is 1. The first-order chi connectivity index (χ1) is 19.5. The SMILES string of the molecule is COC(=O)[C@@H]1CCCN1C(=O)c1cc(C2CC2)c(OCC2CCN(Cc3cc(C(F)(F)F)ccc3F)CC2)cc1F. The summed E-state index contributed by atoms with van der Waals surface area (Å²) < 4.78 is 79.4. The highest BCUT2D eigenvalue weighted by atomic mass is 19.4. The Morgan fingerprint density at radius 1 is 0.951 bits per heavy atom. The van der Waals surface area contributed by atoms with Crippen LogP contribution >= 0.6 is 0 Å². The van der Waals surface area contributed by atoms with Crippen molar-refractivity contribution in [1.29, 1.82) is 0 Å². The van der Waals surface area contributed by atoms with E-state index in [-0.39, 0.29) is 29.5 Å². The van der Waals surface area contributed by atoms with Gasteiger partial charge in [-0.2, -0.15) is 13.2 Å². The third-order valence-electron chi connectivity index (χ3n) is 8.28. The van der Waals surface area contributed by atoms with Gasteiger partial charge in [-0.15, -0.1) is 0 Å². The van der Waals surface area contributed by atoms with E-state index in [4.69, 9.17) is 9.47 Å². The number of hydrogen-bond acceptors (Lipinski definition) is 5. The van der Waals surface area contributed by atoms with Gasteiger partial charge in [-0.1, -0.05) is 0 Å². The number of rotatable bonds is 8. The number of esters is 1. The van der Waals surface area contributed by atoms with Crippen LogP contribution in [0.1, 0.15) is 71.5 Å². The predicted molar refractivity (Wildman–Crippen MR) is 139 cm³/mol. The quantitative estimate of drug-likeness (QED) is 0.286. The van der Waals surface area contributed by atoms with Crippen molar-refractivity contribution in [3.8, 4) is 5.75 Å². The van der Waals surface area contributed by atoms with Gasteiger partial charge in [0, 0.05) is 24.7 Å². The number of likely N-dealkylation sites (tertiary alicyclic amines) is 2. The molecule has 0 unspecified atom stereocenters. The Labute approximate surface area is 235 Å². The molecular weight excluding hydrogens is 547 g/mol. The Bertz CT molecular complexity index is 1290. The van der Waals surface area contributed by atoms with E-state index < -0.39 is 41.3 Å². The van der Waals surface area contributed by atoms with E-state index >= 15 is 4.39 Å². The van der Waals surface area contributed by atoms with Crippen LogP contribution in [0.4, 0.5) is 22.0 Å². The molecule has 0 radical (unpaired) electrons. The minimum atomic E-state index is -4.53. The molecule has 1 aliphatic carbocycles. The Hall–Kier alpha value is -3.21. The molecule has 2 saturated heterocycles. The molecule has 3 fully saturated rings. The molecule has 1 saturated carbocycles. The lowest BCUT2D eigenvalue weighted by atomic mass is 9.97. The second-order valence-electron chi connectivity index (χ2n) is 11.2. The number of amides is 1. The zero-order valence-corrected chi connectivity index (χ0v) is 22.8. The van der Waals surface area contributed by atoms with Crippen LogP contribution in [0.5, 0.6) is 5.75 Å². The van der Waals surface area contributed by atoms with Crippen LogP contribution in [-0.2, 0) is 22.3 Å². The lowest BCUT2D eigenvalue weighted by Gasteiger charge is -2.32. The van der Waals surface area contributed by atoms with Gasteiger partial charge in [-0.3, -0.25) is 9.69 Å². The average Bonchev–Trinajstić information content (AvgIpc) is 3.67. The van der Waals surface area contributed by atoms with Crippen molar-refractivity contribution in [2.24, 2.45) is 5.92 Å². The number of carbonyl (C=O) groups excluding carboxylic acids is 2. The van der Waals surface area contributed by atoms with Crippen molar-refractivity contribution >= 4 is 11.9 Å². The van der Waals surface area contributed by atoms with Crippen LogP contribution in [0.3, 0.4) is 0 Å². The van der Waals surface area contributed by atoms with Gasteiger partial charge in [0.15, 0.2) is 0 Å². The molecule has 1 amide bonds. The molecule has 0 N–H and O–H groups in total. The highest BCUT2D eigenvalue weighted by molar-refractivity contribution is 5.97. The molecule has 0 aromatic heterocycles. The number of benzene rings is 2. The fourth-order valence-electron chi connectivity index (χ4n) is 5.75. The molecule has 5 rings (SSSR count). The lowest BCUT2D eigenvalue weighted by Crippen LogP contribution is -2.41. The molecule has 6 nitrogen and oxygen atoms in total. The minimum absolute atomic E-state index is 0.0144. The average molecular weight is 581 g/mol. The van der Waals surface area contributed by atoms with E-state index in [1.165, 1.54) is 18.1 Å². The molecular formula is C30H33F5N2O4. The number of ether oxygens (including phenoxy) is 2. The molecule has 11 heteroatoms. The summed E-state index contributed by atoms with van der Waals surface area (Å²) >= 11 is 0. The van der Waals surface area contributed by atoms with Crippen molar-refractivity contribution in [3.63, 3.8) is 0 Å². The summed E-state index contributed by atoms with van der Waals surface area (Å²) in [7, 11) is 1.27. The van der Waals surface area contributed by atoms with Crippen molar-refractivity contribution < 1.29 is 41.0 Å². The number of piperidine rings is 1. The van der Waals surface area contributed by atoms with E-state index in [0.29, 0.717) is 57.7 Å². The largest absolute Gasteiger partial charge is 0.493 e. The normalized spacial score (nSPS) is 20.3. The molecule has 2 aliphatic heterocycles. The van der Waals surface area contributed by atoms with Gasteiger partial charge in [-0.25, -0.2) is 13.6 Å². The molecule has 2 heterocycles. The van der Waals surface area contributed by atoms with Crippen molar-refractivity contribution in [1.82, 2.24) is 9.80 Å². The first-order valence-corrected chi connectivity index (χ1v) is 14.0. The lowest BCUT2D eigenvalue weighted by molar-refractivity contribution is -0.145. The highest BCUT2D eigenvalue weighted by Gasteiger charge is 2.38. The van der Waals surface area contributed by atoms with Crippen molar-refractivity contribution in [2.75, 3.05) is 33.4 Å². The fraction of sp³-hybridized carbons (Fsp3) is 0.533. The number of hydrogen-bond donors (Lipinski definition) is 0. The number of carbonyl (C=O) groups is 2. The van der Waals surface area contributed by atoms with E-state index in [9.17, 15) is 27.2 Å². The maximum atomic E-state index is 15.2. The molecule has 222 valence electrons. The molecule has 3 aliphatic rings. The Morgan fingerprint density at radius 3 is 2.34 bits per heavy atom. The fourth-order valence-corrected chi connectivity index (χ4v) is 5.75. The zero-order valence-electron chi connectivity index (χ0n) is 22.8. The summed E-state index contributed by atoms with van der Waals surface area (Å²) in [4.78, 5) is 28.6. The summed E-state index contributed by atoms with van der Waals surface area (Å²) in [6.07, 6.45) is -0.202. The van der Waals surface area contributed by atoms with Gasteiger partial charge in [0.2, 0.25) is 0 Å². The Balaban J connectivity index is 1.20. The maximum absolute atomic E-state index is 15.2. The molecule has 0 bridgehead atoms. The van der Waals surface area contributed by atoms with Crippen molar-refractivity contribution in [3.05, 3.63) is 64.2 Å². The first-order valence-electron chi connectivity index (χ1n) is 14.0. The minimum Gasteiger partial charge on any atom is -0.493 e. The molecule has 2 aromatic carbocycles. The summed E-state index contributed by atoms with van der Waals surface area (Å²) in [5.41, 5.74) is -0.154. The van der Waals surface area contributed by atoms with Gasteiger partial charge >= 0.3 is 12.1 Å². The molecule has 0 spiro atoms. The highest BCUT2D eigenvalue weighted by Crippen LogP contribution is 2.45. The molecule has 41 heavy (non-hydrogen) atoms. The van der Waals surface area contributed by atoms with E-state index in [1.807, 2.05) is 4.90 Å². The third kappa shape index (κ3) is 6.66. The zero-order chi connectivity index (χ0) is 29.3. The van der Waals surface area contributed by atoms with Crippen LogP contribution in [0, 0.1) is 17.6 Å². The first kappa shape index (κ1) is 29.3. The Kier molecular flexibility index (Phi) is 8.54. The second-order valence-corrected chi connectivity index (χ2v) is 11.2. The summed E-state index contributed by atoms with van der Waals surface area (Å²) in [6, 6.07) is 4.57. The Morgan fingerprint density at radius 2 is 1.68 bits per heavy atom. The van der Waals surface area contributed by atoms with Crippen molar-refractivity contribution in [2.45, 2.75) is 63.2 Å². The van der Waals surface area contributed by atoms with Gasteiger partial charge in [-0.05, 0) is 93.3 Å². The molecule has 2 aromatic rings. The van der Waals surface area contributed by atoms with Gasteiger partial charge in [0.05, 0.1) is 24.8 Å².